The molecule has 0 heterocycles. The monoisotopic (exact) mass is 416 g/mol. The molecule has 0 unspecified atom stereocenters. The summed E-state index contributed by atoms with van der Waals surface area (Å²) >= 11 is 0. The van der Waals surface area contributed by atoms with Crippen molar-refractivity contribution >= 4 is 11.8 Å². The van der Waals surface area contributed by atoms with Gasteiger partial charge in [-0.05, 0) is 50.1 Å². The van der Waals surface area contributed by atoms with Gasteiger partial charge in [0, 0.05) is 12.2 Å². The normalized spacial score (nSPS) is 11.6. The van der Waals surface area contributed by atoms with Crippen molar-refractivity contribution in [1.82, 2.24) is 5.06 Å². The highest BCUT2D eigenvalue weighted by Crippen LogP contribution is 2.35. The summed E-state index contributed by atoms with van der Waals surface area (Å²) in [6, 6.07) is 11.1. The number of primary amides is 1. The third-order valence-electron chi connectivity index (χ3n) is 4.39. The van der Waals surface area contributed by atoms with Gasteiger partial charge < -0.3 is 19.9 Å². The Hall–Kier alpha value is -3.10. The average Bonchev–Trinajstić information content (AvgIpc) is 2.73. The maximum atomic E-state index is 12.9. The van der Waals surface area contributed by atoms with Crippen LogP contribution in [0.4, 0.5) is 0 Å². The van der Waals surface area contributed by atoms with Crippen LogP contribution in [0.5, 0.6) is 17.2 Å². The molecule has 0 aromatic heterocycles. The highest BCUT2D eigenvalue weighted by atomic mass is 16.7. The van der Waals surface area contributed by atoms with Crippen LogP contribution in [0.2, 0.25) is 0 Å². The molecule has 0 spiro atoms. The summed E-state index contributed by atoms with van der Waals surface area (Å²) in [4.78, 5) is 24.5. The molecule has 2 aromatic carbocycles. The lowest BCUT2D eigenvalue weighted by molar-refractivity contribution is -0.139. The number of benzene rings is 2. The third kappa shape index (κ3) is 5.95. The Bertz CT molecular complexity index is 856. The molecule has 1 atom stereocenters. The van der Waals surface area contributed by atoms with E-state index in [4.69, 9.17) is 19.9 Å². The minimum Gasteiger partial charge on any atom is -0.464 e. The van der Waals surface area contributed by atoms with Crippen molar-refractivity contribution in [2.24, 2.45) is 5.73 Å². The van der Waals surface area contributed by atoms with E-state index in [9.17, 15) is 14.8 Å². The van der Waals surface area contributed by atoms with Crippen LogP contribution in [0.25, 0.3) is 0 Å². The van der Waals surface area contributed by atoms with Crippen LogP contribution >= 0.6 is 0 Å². The predicted molar refractivity (Wildman–Crippen MR) is 111 cm³/mol. The van der Waals surface area contributed by atoms with Crippen molar-refractivity contribution in [2.45, 2.75) is 39.7 Å². The zero-order chi connectivity index (χ0) is 22.1. The van der Waals surface area contributed by atoms with E-state index < -0.39 is 17.9 Å². The molecule has 0 aliphatic heterocycles. The quantitative estimate of drug-likeness (QED) is 0.250. The summed E-state index contributed by atoms with van der Waals surface area (Å²) in [6.45, 7) is 5.77. The van der Waals surface area contributed by atoms with Crippen LogP contribution in [0, 0.1) is 6.92 Å². The van der Waals surface area contributed by atoms with Crippen molar-refractivity contribution < 1.29 is 29.0 Å². The second-order valence-electron chi connectivity index (χ2n) is 6.64. The summed E-state index contributed by atoms with van der Waals surface area (Å²) in [6.07, 6.45) is 0.822. The molecule has 0 fully saturated rings. The molecule has 3 N–H and O–H groups in total. The molecule has 8 heteroatoms. The molecule has 2 rings (SSSR count). The van der Waals surface area contributed by atoms with Crippen molar-refractivity contribution in [3.63, 3.8) is 0 Å². The molecular weight excluding hydrogens is 388 g/mol. The lowest BCUT2D eigenvalue weighted by Gasteiger charge is -2.24. The van der Waals surface area contributed by atoms with Gasteiger partial charge in [0.05, 0.1) is 0 Å². The van der Waals surface area contributed by atoms with Gasteiger partial charge >= 0.3 is 0 Å². The van der Waals surface area contributed by atoms with E-state index in [1.807, 2.05) is 32.0 Å². The molecule has 162 valence electrons. The SMILES string of the molecule is CCC[C@H](C(N)=O)N(O)C(=O)c1cc(OCOCC)c(Oc2ccccc2)cc1C. The smallest absolute Gasteiger partial charge is 0.278 e. The topological polar surface area (TPSA) is 111 Å². The molecule has 8 nitrogen and oxygen atoms in total. The van der Waals surface area contributed by atoms with Gasteiger partial charge in [-0.25, -0.2) is 5.06 Å². The molecule has 0 radical (unpaired) electrons. The van der Waals surface area contributed by atoms with E-state index in [0.29, 0.717) is 35.2 Å². The van der Waals surface area contributed by atoms with Crippen molar-refractivity contribution in [1.29, 1.82) is 0 Å². The molecule has 0 aliphatic carbocycles. The van der Waals surface area contributed by atoms with Crippen molar-refractivity contribution in [3.05, 3.63) is 53.6 Å². The average molecular weight is 416 g/mol. The van der Waals surface area contributed by atoms with E-state index in [1.54, 1.807) is 25.1 Å². The summed E-state index contributed by atoms with van der Waals surface area (Å²) in [5, 5.41) is 10.7. The molecule has 30 heavy (non-hydrogen) atoms. The van der Waals surface area contributed by atoms with Gasteiger partial charge in [0.2, 0.25) is 5.91 Å². The summed E-state index contributed by atoms with van der Waals surface area (Å²) in [5.41, 5.74) is 6.04. The Morgan fingerprint density at radius 1 is 1.13 bits per heavy atom. The highest BCUT2D eigenvalue weighted by molar-refractivity contribution is 5.98. The van der Waals surface area contributed by atoms with Gasteiger partial charge in [0.25, 0.3) is 5.91 Å². The number of hydrogen-bond acceptors (Lipinski definition) is 6. The first kappa shape index (κ1) is 23.2. The third-order valence-corrected chi connectivity index (χ3v) is 4.39. The largest absolute Gasteiger partial charge is 0.464 e. The lowest BCUT2D eigenvalue weighted by atomic mass is 10.0. The second kappa shape index (κ2) is 11.2. The molecular formula is C22H28N2O6. The number of nitrogens with two attached hydrogens (primary N) is 1. The standard InChI is InChI=1S/C22H28N2O6/c1-4-9-18(21(23)25)24(27)22(26)17-13-19(29-14-28-5-2)20(12-15(17)3)30-16-10-7-6-8-11-16/h6-8,10-13,18,27H,4-5,9,14H2,1-3H3,(H2,23,25)/t18-/m1/s1. The van der Waals surface area contributed by atoms with Crippen LogP contribution in [0.15, 0.2) is 42.5 Å². The number of hydrogen-bond donors (Lipinski definition) is 2. The zero-order valence-electron chi connectivity index (χ0n) is 17.5. The molecule has 0 bridgehead atoms. The molecule has 2 aromatic rings. The molecule has 0 aliphatic rings. The minimum absolute atomic E-state index is 0.0407. The van der Waals surface area contributed by atoms with E-state index in [0.717, 1.165) is 0 Å². The number of nitrogens with zero attached hydrogens (tertiary/aromatic N) is 1. The first-order chi connectivity index (χ1) is 14.4. The van der Waals surface area contributed by atoms with Gasteiger partial charge in [-0.15, -0.1) is 0 Å². The maximum Gasteiger partial charge on any atom is 0.278 e. The maximum absolute atomic E-state index is 12.9. The number of aryl methyl sites for hydroxylation is 1. The Morgan fingerprint density at radius 2 is 1.83 bits per heavy atom. The van der Waals surface area contributed by atoms with E-state index in [2.05, 4.69) is 0 Å². The minimum atomic E-state index is -1.12. The summed E-state index contributed by atoms with van der Waals surface area (Å²) in [5.74, 6) is -0.280. The first-order valence-electron chi connectivity index (χ1n) is 9.78. The number of ether oxygens (including phenoxy) is 3. The Labute approximate surface area is 176 Å². The fraction of sp³-hybridized carbons (Fsp3) is 0.364. The van der Waals surface area contributed by atoms with Crippen molar-refractivity contribution in [2.75, 3.05) is 13.4 Å². The summed E-state index contributed by atoms with van der Waals surface area (Å²) < 4.78 is 16.8. The van der Waals surface area contributed by atoms with Crippen LogP contribution in [0.3, 0.4) is 0 Å². The number of carbonyl (C=O) groups excluding carboxylic acids is 2. The Balaban J connectivity index is 2.38. The van der Waals surface area contributed by atoms with Gasteiger partial charge in [0.1, 0.15) is 11.8 Å². The zero-order valence-corrected chi connectivity index (χ0v) is 17.5. The number of para-hydroxylation sites is 1. The number of carbonyl (C=O) groups is 2. The van der Waals surface area contributed by atoms with Gasteiger partial charge in [-0.1, -0.05) is 31.5 Å². The van der Waals surface area contributed by atoms with Crippen LogP contribution in [-0.2, 0) is 9.53 Å². The Morgan fingerprint density at radius 3 is 2.43 bits per heavy atom. The van der Waals surface area contributed by atoms with Crippen LogP contribution in [-0.4, -0.2) is 41.5 Å². The predicted octanol–water partition coefficient (Wildman–Crippen LogP) is 3.65. The fourth-order valence-corrected chi connectivity index (χ4v) is 2.81. The van der Waals surface area contributed by atoms with Crippen LogP contribution < -0.4 is 15.2 Å². The first-order valence-corrected chi connectivity index (χ1v) is 9.78. The second-order valence-corrected chi connectivity index (χ2v) is 6.64. The Kier molecular flexibility index (Phi) is 8.64. The van der Waals surface area contributed by atoms with E-state index >= 15 is 0 Å². The fourth-order valence-electron chi connectivity index (χ4n) is 2.81. The summed E-state index contributed by atoms with van der Waals surface area (Å²) in [7, 11) is 0. The number of hydroxylamine groups is 2. The van der Waals surface area contributed by atoms with Gasteiger partial charge in [-0.3, -0.25) is 14.8 Å². The van der Waals surface area contributed by atoms with Gasteiger partial charge in [0.15, 0.2) is 18.3 Å². The lowest BCUT2D eigenvalue weighted by Crippen LogP contribution is -2.46. The van der Waals surface area contributed by atoms with Crippen LogP contribution in [0.1, 0.15) is 42.6 Å². The number of amides is 2. The number of rotatable bonds is 11. The van der Waals surface area contributed by atoms with Crippen molar-refractivity contribution in [3.8, 4) is 17.2 Å². The molecule has 2 amide bonds. The molecule has 0 saturated carbocycles. The van der Waals surface area contributed by atoms with Gasteiger partial charge in [-0.2, -0.15) is 0 Å². The highest BCUT2D eigenvalue weighted by Gasteiger charge is 2.29. The van der Waals surface area contributed by atoms with E-state index in [1.165, 1.54) is 6.07 Å². The van der Waals surface area contributed by atoms with E-state index in [-0.39, 0.29) is 24.5 Å². The molecule has 0 saturated heterocycles.